The Bertz CT molecular complexity index is 3430. The van der Waals surface area contributed by atoms with E-state index in [0.717, 1.165) is 50.1 Å². The van der Waals surface area contributed by atoms with Crippen molar-refractivity contribution in [3.8, 4) is 33.4 Å². The van der Waals surface area contributed by atoms with Crippen LogP contribution in [0, 0.1) is 0 Å². The van der Waals surface area contributed by atoms with Crippen LogP contribution in [0.1, 0.15) is 25.0 Å². The van der Waals surface area contributed by atoms with Gasteiger partial charge in [0.25, 0.3) is 0 Å². The van der Waals surface area contributed by atoms with Crippen LogP contribution in [0.15, 0.2) is 192 Å². The zero-order valence-corrected chi connectivity index (χ0v) is 33.0. The normalized spacial score (nSPS) is 13.1. The highest BCUT2D eigenvalue weighted by molar-refractivity contribution is 7.26. The van der Waals surface area contributed by atoms with E-state index in [0.29, 0.717) is 0 Å². The summed E-state index contributed by atoms with van der Waals surface area (Å²) in [7, 11) is 0. The summed E-state index contributed by atoms with van der Waals surface area (Å²) in [6.07, 6.45) is 0. The fraction of sp³-hybridized carbons (Fsp3) is 0.0545. The standard InChI is InChI=1S/C55H37NOS/c1-55(2)49-19-7-5-16-43(49)45-27-28-46-48-33-40(26-30-52(48)58-54(46)53(45)55)56(38-24-21-35(22-25-38)42-18-10-12-34-11-3-4-15-41(34)42)39-14-9-13-36(31-39)37-23-29-51-47(32-37)44-17-6-8-20-50(44)57-51/h3-33H,1-2H3. The molecule has 2 nitrogen and oxygen atoms in total. The summed E-state index contributed by atoms with van der Waals surface area (Å²) in [6.45, 7) is 4.77. The monoisotopic (exact) mass is 759 g/mol. The molecule has 2 aromatic heterocycles. The molecule has 0 fully saturated rings. The average molecular weight is 760 g/mol. The van der Waals surface area contributed by atoms with Gasteiger partial charge in [-0.1, -0.05) is 141 Å². The van der Waals surface area contributed by atoms with Crippen molar-refractivity contribution in [1.29, 1.82) is 0 Å². The second kappa shape index (κ2) is 12.5. The number of anilines is 3. The van der Waals surface area contributed by atoms with Gasteiger partial charge in [0, 0.05) is 53.4 Å². The number of fused-ring (bicyclic) bond motifs is 11. The van der Waals surface area contributed by atoms with Gasteiger partial charge in [-0.15, -0.1) is 11.3 Å². The molecule has 0 saturated carbocycles. The Morgan fingerprint density at radius 1 is 0.431 bits per heavy atom. The maximum atomic E-state index is 6.19. The van der Waals surface area contributed by atoms with E-state index in [4.69, 9.17) is 4.42 Å². The molecule has 0 unspecified atom stereocenters. The van der Waals surface area contributed by atoms with E-state index < -0.39 is 0 Å². The van der Waals surface area contributed by atoms with Gasteiger partial charge in [-0.2, -0.15) is 0 Å². The van der Waals surface area contributed by atoms with Crippen LogP contribution in [0.2, 0.25) is 0 Å². The molecule has 12 rings (SSSR count). The summed E-state index contributed by atoms with van der Waals surface area (Å²) in [4.78, 5) is 2.41. The summed E-state index contributed by atoms with van der Waals surface area (Å²) in [5.74, 6) is 0. The molecular weight excluding hydrogens is 723 g/mol. The summed E-state index contributed by atoms with van der Waals surface area (Å²) >= 11 is 1.93. The minimum Gasteiger partial charge on any atom is -0.456 e. The molecule has 2 heterocycles. The highest BCUT2D eigenvalue weighted by Crippen LogP contribution is 2.54. The van der Waals surface area contributed by atoms with Crippen LogP contribution < -0.4 is 4.90 Å². The number of rotatable bonds is 5. The summed E-state index contributed by atoms with van der Waals surface area (Å²) in [5, 5.41) is 7.39. The molecule has 0 atom stereocenters. The van der Waals surface area contributed by atoms with E-state index in [9.17, 15) is 0 Å². The SMILES string of the molecule is CC1(C)c2ccccc2-c2ccc3c(sc4ccc(N(c5ccc(-c6cccc7ccccc67)cc5)c5cccc(-c6ccc7oc8ccccc8c7c6)c5)cc43)c21. The Hall–Kier alpha value is -6.94. The fourth-order valence-electron chi connectivity index (χ4n) is 9.65. The number of hydrogen-bond acceptors (Lipinski definition) is 3. The molecule has 1 aliphatic carbocycles. The molecule has 0 saturated heterocycles. The number of furan rings is 1. The van der Waals surface area contributed by atoms with Crippen LogP contribution in [0.4, 0.5) is 17.1 Å². The first-order valence-corrected chi connectivity index (χ1v) is 20.8. The number of thiophene rings is 1. The molecule has 1 aliphatic rings. The van der Waals surface area contributed by atoms with E-state index in [1.54, 1.807) is 0 Å². The number of hydrogen-bond donors (Lipinski definition) is 0. The first-order valence-electron chi connectivity index (χ1n) is 20.0. The van der Waals surface area contributed by atoms with Crippen molar-refractivity contribution in [3.05, 3.63) is 199 Å². The third kappa shape index (κ3) is 4.97. The van der Waals surface area contributed by atoms with Crippen LogP contribution >= 0.6 is 11.3 Å². The fourth-order valence-corrected chi connectivity index (χ4v) is 11.0. The minimum atomic E-state index is -0.0702. The van der Waals surface area contributed by atoms with Crippen molar-refractivity contribution >= 4 is 81.3 Å². The van der Waals surface area contributed by atoms with Gasteiger partial charge in [-0.05, 0) is 116 Å². The lowest BCUT2D eigenvalue weighted by molar-refractivity contribution is 0.667. The predicted molar refractivity (Wildman–Crippen MR) is 247 cm³/mol. The summed E-state index contributed by atoms with van der Waals surface area (Å²) in [6, 6.07) is 68.8. The highest BCUT2D eigenvalue weighted by atomic mass is 32.1. The molecule has 274 valence electrons. The average Bonchev–Trinajstić information content (AvgIpc) is 3.91. The van der Waals surface area contributed by atoms with Crippen molar-refractivity contribution in [2.45, 2.75) is 19.3 Å². The van der Waals surface area contributed by atoms with Crippen molar-refractivity contribution in [2.24, 2.45) is 0 Å². The lowest BCUT2D eigenvalue weighted by Crippen LogP contribution is -2.14. The smallest absolute Gasteiger partial charge is 0.135 e. The molecule has 0 radical (unpaired) electrons. The van der Waals surface area contributed by atoms with E-state index in [2.05, 4.69) is 195 Å². The van der Waals surface area contributed by atoms with Crippen LogP contribution in [0.3, 0.4) is 0 Å². The highest BCUT2D eigenvalue weighted by Gasteiger charge is 2.37. The number of benzene rings is 9. The molecule has 9 aromatic carbocycles. The lowest BCUT2D eigenvalue weighted by Gasteiger charge is -2.26. The van der Waals surface area contributed by atoms with Gasteiger partial charge in [-0.25, -0.2) is 0 Å². The Balaban J connectivity index is 1.02. The summed E-state index contributed by atoms with van der Waals surface area (Å²) < 4.78 is 8.88. The molecule has 0 aliphatic heterocycles. The molecule has 58 heavy (non-hydrogen) atoms. The van der Waals surface area contributed by atoms with Crippen LogP contribution in [-0.2, 0) is 5.41 Å². The largest absolute Gasteiger partial charge is 0.456 e. The van der Waals surface area contributed by atoms with Crippen molar-refractivity contribution in [1.82, 2.24) is 0 Å². The van der Waals surface area contributed by atoms with Crippen LogP contribution in [0.25, 0.3) is 86.3 Å². The first kappa shape index (κ1) is 33.2. The van der Waals surface area contributed by atoms with Crippen LogP contribution in [-0.4, -0.2) is 0 Å². The van der Waals surface area contributed by atoms with Gasteiger partial charge in [0.15, 0.2) is 0 Å². The quantitative estimate of drug-likeness (QED) is 0.174. The van der Waals surface area contributed by atoms with Gasteiger partial charge in [-0.3, -0.25) is 0 Å². The first-order chi connectivity index (χ1) is 28.5. The van der Waals surface area contributed by atoms with Crippen LogP contribution in [0.5, 0.6) is 0 Å². The molecule has 3 heteroatoms. The number of nitrogens with zero attached hydrogens (tertiary/aromatic N) is 1. The zero-order chi connectivity index (χ0) is 38.5. The minimum absolute atomic E-state index is 0.0702. The maximum Gasteiger partial charge on any atom is 0.135 e. The van der Waals surface area contributed by atoms with Gasteiger partial charge < -0.3 is 9.32 Å². The summed E-state index contributed by atoms with van der Waals surface area (Å²) in [5.41, 5.74) is 15.4. The van der Waals surface area contributed by atoms with E-state index in [-0.39, 0.29) is 5.41 Å². The Morgan fingerprint density at radius 2 is 1.12 bits per heavy atom. The van der Waals surface area contributed by atoms with Gasteiger partial charge in [0.1, 0.15) is 11.2 Å². The van der Waals surface area contributed by atoms with E-state index >= 15 is 0 Å². The Labute approximate surface area is 340 Å². The zero-order valence-electron chi connectivity index (χ0n) is 32.2. The number of para-hydroxylation sites is 1. The molecule has 0 amide bonds. The lowest BCUT2D eigenvalue weighted by atomic mass is 9.82. The second-order valence-corrected chi connectivity index (χ2v) is 17.1. The molecular formula is C55H37NOS. The van der Waals surface area contributed by atoms with Crippen molar-refractivity contribution < 1.29 is 4.42 Å². The Kier molecular flexibility index (Phi) is 7.18. The molecule has 11 aromatic rings. The van der Waals surface area contributed by atoms with E-state index in [1.165, 1.54) is 64.3 Å². The third-order valence-corrected chi connectivity index (χ3v) is 13.6. The molecule has 0 bridgehead atoms. The topological polar surface area (TPSA) is 16.4 Å². The van der Waals surface area contributed by atoms with Gasteiger partial charge in [0.2, 0.25) is 0 Å². The van der Waals surface area contributed by atoms with Gasteiger partial charge in [0.05, 0.1) is 0 Å². The van der Waals surface area contributed by atoms with Crippen molar-refractivity contribution in [2.75, 3.05) is 4.90 Å². The van der Waals surface area contributed by atoms with Crippen molar-refractivity contribution in [3.63, 3.8) is 0 Å². The van der Waals surface area contributed by atoms with E-state index in [1.807, 2.05) is 23.5 Å². The Morgan fingerprint density at radius 3 is 2.03 bits per heavy atom. The second-order valence-electron chi connectivity index (χ2n) is 16.1. The third-order valence-electron chi connectivity index (χ3n) is 12.4. The van der Waals surface area contributed by atoms with Gasteiger partial charge >= 0.3 is 0 Å². The predicted octanol–water partition coefficient (Wildman–Crippen LogP) is 16.2. The maximum absolute atomic E-state index is 6.19. The molecule has 0 spiro atoms. The molecule has 0 N–H and O–H groups in total.